The minimum Gasteiger partial charge on any atom is -0.505 e. The summed E-state index contributed by atoms with van der Waals surface area (Å²) in [4.78, 5) is 14.9. The first kappa shape index (κ1) is 19.9. The quantitative estimate of drug-likeness (QED) is 0.582. The Morgan fingerprint density at radius 3 is 2.27 bits per heavy atom. The van der Waals surface area contributed by atoms with E-state index in [-0.39, 0.29) is 17.2 Å². The summed E-state index contributed by atoms with van der Waals surface area (Å²) in [6.07, 6.45) is 5.74. The van der Waals surface area contributed by atoms with E-state index in [0.29, 0.717) is 18.7 Å². The van der Waals surface area contributed by atoms with Gasteiger partial charge in [0.25, 0.3) is 5.91 Å². The van der Waals surface area contributed by atoms with Gasteiger partial charge in [0.2, 0.25) is 5.88 Å². The number of aromatic hydroxyl groups is 2. The third-order valence-electron chi connectivity index (χ3n) is 5.58. The number of anilines is 1. The molecule has 2 heterocycles. The zero-order valence-corrected chi connectivity index (χ0v) is 16.9. The van der Waals surface area contributed by atoms with E-state index in [2.05, 4.69) is 10.2 Å². The summed E-state index contributed by atoms with van der Waals surface area (Å²) in [5, 5.41) is 23.6. The lowest BCUT2D eigenvalue weighted by Crippen LogP contribution is -2.29. The Bertz CT molecular complexity index is 991. The van der Waals surface area contributed by atoms with Gasteiger partial charge in [0.05, 0.1) is 6.20 Å². The number of rotatable bonds is 6. The van der Waals surface area contributed by atoms with Gasteiger partial charge < -0.3 is 20.4 Å². The zero-order valence-electron chi connectivity index (χ0n) is 16.9. The minimum absolute atomic E-state index is 0.108. The van der Waals surface area contributed by atoms with Crippen molar-refractivity contribution >= 4 is 11.6 Å². The van der Waals surface area contributed by atoms with Crippen molar-refractivity contribution in [2.75, 3.05) is 24.5 Å². The monoisotopic (exact) mass is 405 g/mol. The highest BCUT2D eigenvalue weighted by Crippen LogP contribution is 2.33. The molecule has 6 heteroatoms. The first-order chi connectivity index (χ1) is 14.6. The number of benzene rings is 2. The van der Waals surface area contributed by atoms with Crippen LogP contribution in [0.25, 0.3) is 5.69 Å². The smallest absolute Gasteiger partial charge is 0.260 e. The van der Waals surface area contributed by atoms with Crippen molar-refractivity contribution in [2.45, 2.75) is 25.7 Å². The highest BCUT2D eigenvalue weighted by molar-refractivity contribution is 5.99. The predicted octanol–water partition coefficient (Wildman–Crippen LogP) is 3.85. The first-order valence-electron chi connectivity index (χ1n) is 10.4. The molecular weight excluding hydrogens is 378 g/mol. The maximum absolute atomic E-state index is 12.5. The Morgan fingerprint density at radius 2 is 1.57 bits per heavy atom. The van der Waals surface area contributed by atoms with Crippen LogP contribution in [-0.4, -0.2) is 40.3 Å². The Balaban J connectivity index is 1.45. The highest BCUT2D eigenvalue weighted by Gasteiger charge is 2.22. The minimum atomic E-state index is -0.496. The Hall–Kier alpha value is -3.41. The molecule has 30 heavy (non-hydrogen) atoms. The fourth-order valence-electron chi connectivity index (χ4n) is 3.93. The SMILES string of the molecule is O=C(NCCc1ccccc1)c1c(O)cn(-c2ccc(N3CCCCC3)cc2)c1O. The molecule has 0 radical (unpaired) electrons. The standard InChI is InChI=1S/C24H27N3O3/c28-21-17-27(20-11-9-19(10-12-20)26-15-5-2-6-16-26)24(30)22(21)23(29)25-14-13-18-7-3-1-4-8-18/h1,3-4,7-12,17,28,30H,2,5-6,13-16H2,(H,25,29). The Morgan fingerprint density at radius 1 is 0.900 bits per heavy atom. The maximum atomic E-state index is 12.5. The van der Waals surface area contributed by atoms with Crippen LogP contribution < -0.4 is 10.2 Å². The summed E-state index contributed by atoms with van der Waals surface area (Å²) in [6.45, 7) is 2.53. The summed E-state index contributed by atoms with van der Waals surface area (Å²) in [5.41, 5.74) is 2.83. The van der Waals surface area contributed by atoms with E-state index < -0.39 is 5.91 Å². The second-order valence-electron chi connectivity index (χ2n) is 7.64. The van der Waals surface area contributed by atoms with E-state index in [9.17, 15) is 15.0 Å². The molecule has 156 valence electrons. The van der Waals surface area contributed by atoms with Crippen molar-refractivity contribution in [1.29, 1.82) is 0 Å². The number of carbonyl (C=O) groups excluding carboxylic acids is 1. The van der Waals surface area contributed by atoms with Crippen molar-refractivity contribution < 1.29 is 15.0 Å². The number of hydrogen-bond donors (Lipinski definition) is 3. The van der Waals surface area contributed by atoms with Crippen LogP contribution in [0.3, 0.4) is 0 Å². The van der Waals surface area contributed by atoms with Crippen molar-refractivity contribution in [3.05, 3.63) is 71.9 Å². The number of piperidine rings is 1. The van der Waals surface area contributed by atoms with Crippen molar-refractivity contribution in [1.82, 2.24) is 9.88 Å². The maximum Gasteiger partial charge on any atom is 0.260 e. The zero-order chi connectivity index (χ0) is 20.9. The van der Waals surface area contributed by atoms with E-state index in [1.807, 2.05) is 54.6 Å². The number of nitrogens with one attached hydrogen (secondary N) is 1. The summed E-state index contributed by atoms with van der Waals surface area (Å²) in [6, 6.07) is 17.6. The van der Waals surface area contributed by atoms with E-state index in [1.165, 1.54) is 30.0 Å². The number of carbonyl (C=O) groups is 1. The first-order valence-corrected chi connectivity index (χ1v) is 10.4. The molecule has 4 rings (SSSR count). The average molecular weight is 405 g/mol. The molecule has 0 saturated carbocycles. The van der Waals surface area contributed by atoms with Crippen LogP contribution in [0, 0.1) is 0 Å². The number of amides is 1. The van der Waals surface area contributed by atoms with Crippen LogP contribution >= 0.6 is 0 Å². The second-order valence-corrected chi connectivity index (χ2v) is 7.64. The molecule has 0 spiro atoms. The molecule has 1 fully saturated rings. The van der Waals surface area contributed by atoms with Crippen LogP contribution in [0.15, 0.2) is 60.8 Å². The Kier molecular flexibility index (Phi) is 5.93. The van der Waals surface area contributed by atoms with Gasteiger partial charge in [0.1, 0.15) is 11.3 Å². The molecule has 0 bridgehead atoms. The molecule has 2 aromatic carbocycles. The van der Waals surface area contributed by atoms with Gasteiger partial charge in [-0.15, -0.1) is 0 Å². The van der Waals surface area contributed by atoms with Gasteiger partial charge in [-0.3, -0.25) is 9.36 Å². The number of hydrogen-bond acceptors (Lipinski definition) is 4. The van der Waals surface area contributed by atoms with E-state index in [4.69, 9.17) is 0 Å². The molecule has 6 nitrogen and oxygen atoms in total. The number of nitrogens with zero attached hydrogens (tertiary/aromatic N) is 2. The predicted molar refractivity (Wildman–Crippen MR) is 118 cm³/mol. The van der Waals surface area contributed by atoms with Crippen LogP contribution in [0.4, 0.5) is 5.69 Å². The van der Waals surface area contributed by atoms with E-state index in [0.717, 1.165) is 24.3 Å². The second kappa shape index (κ2) is 8.95. The summed E-state index contributed by atoms with van der Waals surface area (Å²) in [5.74, 6) is -1.01. The number of aromatic nitrogens is 1. The van der Waals surface area contributed by atoms with Crippen LogP contribution in [0.5, 0.6) is 11.6 Å². The summed E-state index contributed by atoms with van der Waals surface area (Å²) in [7, 11) is 0. The molecule has 0 aliphatic carbocycles. The molecule has 0 unspecified atom stereocenters. The molecule has 1 saturated heterocycles. The molecule has 3 aromatic rings. The topological polar surface area (TPSA) is 77.7 Å². The Labute approximate surface area is 176 Å². The van der Waals surface area contributed by atoms with Crippen molar-refractivity contribution in [3.8, 4) is 17.3 Å². The van der Waals surface area contributed by atoms with Crippen LogP contribution in [-0.2, 0) is 6.42 Å². The molecule has 1 amide bonds. The van der Waals surface area contributed by atoms with Crippen LogP contribution in [0.1, 0.15) is 35.2 Å². The normalized spacial score (nSPS) is 13.9. The average Bonchev–Trinajstić information content (AvgIpc) is 3.09. The van der Waals surface area contributed by atoms with Crippen molar-refractivity contribution in [3.63, 3.8) is 0 Å². The lowest BCUT2D eigenvalue weighted by atomic mass is 10.1. The highest BCUT2D eigenvalue weighted by atomic mass is 16.3. The van der Waals surface area contributed by atoms with Crippen molar-refractivity contribution in [2.24, 2.45) is 0 Å². The molecular formula is C24H27N3O3. The molecule has 3 N–H and O–H groups in total. The van der Waals surface area contributed by atoms with Gasteiger partial charge >= 0.3 is 0 Å². The van der Waals surface area contributed by atoms with Gasteiger partial charge in [0.15, 0.2) is 0 Å². The lowest BCUT2D eigenvalue weighted by molar-refractivity contribution is 0.0949. The fourth-order valence-corrected chi connectivity index (χ4v) is 3.93. The van der Waals surface area contributed by atoms with Gasteiger partial charge in [0, 0.05) is 31.0 Å². The van der Waals surface area contributed by atoms with Gasteiger partial charge in [-0.2, -0.15) is 0 Å². The van der Waals surface area contributed by atoms with Gasteiger partial charge in [-0.1, -0.05) is 30.3 Å². The third-order valence-corrected chi connectivity index (χ3v) is 5.58. The lowest BCUT2D eigenvalue weighted by Gasteiger charge is -2.28. The molecule has 1 aliphatic rings. The fraction of sp³-hybridized carbons (Fsp3) is 0.292. The third kappa shape index (κ3) is 4.27. The van der Waals surface area contributed by atoms with Gasteiger partial charge in [-0.25, -0.2) is 0 Å². The summed E-state index contributed by atoms with van der Waals surface area (Å²) < 4.78 is 1.43. The van der Waals surface area contributed by atoms with E-state index in [1.54, 1.807) is 0 Å². The molecule has 1 aliphatic heterocycles. The molecule has 1 aromatic heterocycles. The van der Waals surface area contributed by atoms with Gasteiger partial charge in [-0.05, 0) is 55.5 Å². The van der Waals surface area contributed by atoms with E-state index >= 15 is 0 Å². The largest absolute Gasteiger partial charge is 0.505 e. The van der Waals surface area contributed by atoms with Crippen LogP contribution in [0.2, 0.25) is 0 Å². The summed E-state index contributed by atoms with van der Waals surface area (Å²) >= 11 is 0. The molecule has 0 atom stereocenters.